The predicted octanol–water partition coefficient (Wildman–Crippen LogP) is 3.88. The van der Waals surface area contributed by atoms with Crippen LogP contribution in [0.1, 0.15) is 38.2 Å². The molecule has 2 aromatic carbocycles. The Morgan fingerprint density at radius 2 is 1.68 bits per heavy atom. The van der Waals surface area contributed by atoms with Crippen LogP contribution in [-0.4, -0.2) is 30.2 Å². The summed E-state index contributed by atoms with van der Waals surface area (Å²) in [6.07, 6.45) is 2.49. The first-order chi connectivity index (χ1) is 16.3. The number of carbonyl (C=O) groups excluding carboxylic acids is 4. The summed E-state index contributed by atoms with van der Waals surface area (Å²) in [7, 11) is 0. The molecule has 0 bridgehead atoms. The molecule has 3 fully saturated rings. The summed E-state index contributed by atoms with van der Waals surface area (Å²) >= 11 is 0. The lowest BCUT2D eigenvalue weighted by Crippen LogP contribution is -2.31. The Kier molecular flexibility index (Phi) is 5.71. The average molecular weight is 461 g/mol. The quantitative estimate of drug-likeness (QED) is 0.393. The van der Waals surface area contributed by atoms with Crippen LogP contribution < -0.4 is 14.5 Å². The third kappa shape index (κ3) is 4.00. The number of hydrogen-bond donors (Lipinski definition) is 0. The maximum Gasteiger partial charge on any atom is 0.316 e. The van der Waals surface area contributed by atoms with Gasteiger partial charge in [-0.1, -0.05) is 25.1 Å². The van der Waals surface area contributed by atoms with Gasteiger partial charge in [0.2, 0.25) is 17.7 Å². The van der Waals surface area contributed by atoms with E-state index in [1.165, 1.54) is 4.90 Å². The molecule has 34 heavy (non-hydrogen) atoms. The van der Waals surface area contributed by atoms with Crippen molar-refractivity contribution in [1.29, 1.82) is 0 Å². The van der Waals surface area contributed by atoms with E-state index < -0.39 is 11.9 Å². The number of benzene rings is 2. The molecule has 0 N–H and O–H groups in total. The van der Waals surface area contributed by atoms with Gasteiger partial charge in [-0.15, -0.1) is 0 Å². The second kappa shape index (κ2) is 8.70. The number of rotatable bonds is 4. The Bertz CT molecular complexity index is 1180. The third-order valence-corrected chi connectivity index (χ3v) is 7.25. The fourth-order valence-electron chi connectivity index (χ4n) is 5.44. The van der Waals surface area contributed by atoms with Gasteiger partial charge in [0.1, 0.15) is 5.75 Å². The van der Waals surface area contributed by atoms with E-state index in [0.29, 0.717) is 11.6 Å². The van der Waals surface area contributed by atoms with E-state index in [1.807, 2.05) is 31.2 Å². The molecule has 2 aliphatic heterocycles. The van der Waals surface area contributed by atoms with E-state index in [0.717, 1.165) is 30.5 Å². The molecule has 0 radical (unpaired) electrons. The first-order valence-corrected chi connectivity index (χ1v) is 11.9. The maximum atomic E-state index is 13.0. The number of fused-ring (bicyclic) bond motifs is 1. The van der Waals surface area contributed by atoms with Crippen LogP contribution in [0, 0.1) is 30.6 Å². The molecular formula is C27H28N2O5. The predicted molar refractivity (Wildman–Crippen MR) is 126 cm³/mol. The van der Waals surface area contributed by atoms with Gasteiger partial charge >= 0.3 is 5.97 Å². The van der Waals surface area contributed by atoms with Crippen LogP contribution in [0.5, 0.6) is 5.75 Å². The molecular weight excluding hydrogens is 432 g/mol. The van der Waals surface area contributed by atoms with Crippen LogP contribution in [0.3, 0.4) is 0 Å². The van der Waals surface area contributed by atoms with Crippen LogP contribution in [0.4, 0.5) is 11.4 Å². The zero-order valence-electron chi connectivity index (χ0n) is 19.4. The number of ether oxygens (including phenoxy) is 1. The Labute approximate surface area is 198 Å². The summed E-state index contributed by atoms with van der Waals surface area (Å²) in [5.74, 6) is -1.37. The number of esters is 1. The number of amides is 3. The minimum absolute atomic E-state index is 0.0805. The Morgan fingerprint density at radius 3 is 2.47 bits per heavy atom. The SMILES string of the molecule is Cc1cccc(N2C[C@H](C(=O)Oc3cccc(N4C(=O)[C@@H]5CC[C@H](C)C[C@H]5C4=O)c3)CC2=O)c1. The summed E-state index contributed by atoms with van der Waals surface area (Å²) < 4.78 is 5.59. The van der Waals surface area contributed by atoms with E-state index in [9.17, 15) is 19.2 Å². The molecule has 2 aromatic rings. The van der Waals surface area contributed by atoms with Gasteiger partial charge in [-0.3, -0.25) is 19.2 Å². The van der Waals surface area contributed by atoms with E-state index in [2.05, 4.69) is 6.92 Å². The van der Waals surface area contributed by atoms with Gasteiger partial charge in [0, 0.05) is 24.7 Å². The molecule has 0 spiro atoms. The largest absolute Gasteiger partial charge is 0.426 e. The lowest BCUT2D eigenvalue weighted by Gasteiger charge is -2.25. The van der Waals surface area contributed by atoms with E-state index in [4.69, 9.17) is 4.74 Å². The van der Waals surface area contributed by atoms with Crippen molar-refractivity contribution in [3.05, 3.63) is 54.1 Å². The van der Waals surface area contributed by atoms with Crippen molar-refractivity contribution < 1.29 is 23.9 Å². The van der Waals surface area contributed by atoms with Crippen molar-refractivity contribution in [3.8, 4) is 5.75 Å². The zero-order chi connectivity index (χ0) is 24.0. The topological polar surface area (TPSA) is 84.0 Å². The molecule has 7 nitrogen and oxygen atoms in total. The fraction of sp³-hybridized carbons (Fsp3) is 0.407. The molecule has 1 saturated carbocycles. The van der Waals surface area contributed by atoms with Gasteiger partial charge in [0.05, 0.1) is 23.4 Å². The highest BCUT2D eigenvalue weighted by Crippen LogP contribution is 2.42. The van der Waals surface area contributed by atoms with Crippen LogP contribution in [0.15, 0.2) is 48.5 Å². The van der Waals surface area contributed by atoms with Crippen molar-refractivity contribution in [1.82, 2.24) is 0 Å². The standard InChI is InChI=1S/C27H28N2O5/c1-16-5-3-6-19(11-16)28-15-18(13-24(28)30)27(33)34-21-8-4-7-20(14-21)29-25(31)22-10-9-17(2)12-23(22)26(29)32/h3-8,11,14,17-18,22-23H,9-10,12-13,15H2,1-2H3/t17-,18+,22+,23+/m0/s1. The van der Waals surface area contributed by atoms with Crippen LogP contribution in [-0.2, 0) is 19.2 Å². The third-order valence-electron chi connectivity index (χ3n) is 7.25. The monoisotopic (exact) mass is 460 g/mol. The minimum Gasteiger partial charge on any atom is -0.426 e. The van der Waals surface area contributed by atoms with Crippen molar-refractivity contribution in [3.63, 3.8) is 0 Å². The number of anilines is 2. The van der Waals surface area contributed by atoms with Crippen LogP contribution in [0.2, 0.25) is 0 Å². The number of hydrogen-bond acceptors (Lipinski definition) is 5. The summed E-state index contributed by atoms with van der Waals surface area (Å²) in [5, 5.41) is 0. The normalized spacial score (nSPS) is 26.7. The molecule has 2 heterocycles. The molecule has 5 rings (SSSR count). The lowest BCUT2D eigenvalue weighted by molar-refractivity contribution is -0.139. The van der Waals surface area contributed by atoms with Crippen LogP contribution in [0.25, 0.3) is 0 Å². The maximum absolute atomic E-state index is 13.0. The summed E-state index contributed by atoms with van der Waals surface area (Å²) in [6.45, 7) is 4.32. The summed E-state index contributed by atoms with van der Waals surface area (Å²) in [5.41, 5.74) is 2.23. The first kappa shape index (κ1) is 22.3. The molecule has 3 aliphatic rings. The highest BCUT2D eigenvalue weighted by Gasteiger charge is 2.50. The molecule has 0 aromatic heterocycles. The van der Waals surface area contributed by atoms with E-state index in [1.54, 1.807) is 29.2 Å². The molecule has 2 saturated heterocycles. The minimum atomic E-state index is -0.587. The first-order valence-electron chi connectivity index (χ1n) is 11.9. The average Bonchev–Trinajstić information content (AvgIpc) is 3.31. The Morgan fingerprint density at radius 1 is 0.941 bits per heavy atom. The van der Waals surface area contributed by atoms with Gasteiger partial charge in [0.25, 0.3) is 0 Å². The Hall–Kier alpha value is -3.48. The van der Waals surface area contributed by atoms with Crippen LogP contribution >= 0.6 is 0 Å². The number of imide groups is 1. The van der Waals surface area contributed by atoms with Gasteiger partial charge in [-0.05, 0) is 61.9 Å². The number of nitrogens with zero attached hydrogens (tertiary/aromatic N) is 2. The lowest BCUT2D eigenvalue weighted by atomic mass is 9.76. The van der Waals surface area contributed by atoms with Crippen molar-refractivity contribution in [2.24, 2.45) is 23.7 Å². The highest BCUT2D eigenvalue weighted by molar-refractivity contribution is 6.22. The second-order valence-electron chi connectivity index (χ2n) is 9.81. The van der Waals surface area contributed by atoms with Crippen molar-refractivity contribution in [2.75, 3.05) is 16.3 Å². The smallest absolute Gasteiger partial charge is 0.316 e. The summed E-state index contributed by atoms with van der Waals surface area (Å²) in [6, 6.07) is 14.1. The van der Waals surface area contributed by atoms with Crippen molar-refractivity contribution >= 4 is 35.1 Å². The molecule has 1 aliphatic carbocycles. The van der Waals surface area contributed by atoms with E-state index in [-0.39, 0.29) is 48.3 Å². The second-order valence-corrected chi connectivity index (χ2v) is 9.81. The number of carbonyl (C=O) groups is 4. The zero-order valence-corrected chi connectivity index (χ0v) is 19.4. The molecule has 0 unspecified atom stereocenters. The van der Waals surface area contributed by atoms with Gasteiger partial charge in [0.15, 0.2) is 0 Å². The molecule has 176 valence electrons. The van der Waals surface area contributed by atoms with Gasteiger partial charge in [-0.25, -0.2) is 4.90 Å². The van der Waals surface area contributed by atoms with Gasteiger partial charge in [-0.2, -0.15) is 0 Å². The summed E-state index contributed by atoms with van der Waals surface area (Å²) in [4.78, 5) is 54.3. The molecule has 7 heteroatoms. The van der Waals surface area contributed by atoms with Crippen molar-refractivity contribution in [2.45, 2.75) is 39.5 Å². The Balaban J connectivity index is 1.29. The van der Waals surface area contributed by atoms with Gasteiger partial charge < -0.3 is 9.64 Å². The van der Waals surface area contributed by atoms with E-state index >= 15 is 0 Å². The fourth-order valence-corrected chi connectivity index (χ4v) is 5.44. The molecule has 3 amide bonds. The molecule has 4 atom stereocenters. The number of aryl methyl sites for hydroxylation is 1. The highest BCUT2D eigenvalue weighted by atomic mass is 16.5.